The SMILES string of the molecule is O=C(C1=NN(c2ccc(Cl)cc2Cl)C(c2ccc(I)cc2)C1)N1CC2CCCC2C1. The van der Waals surface area contributed by atoms with Crippen LogP contribution in [0.5, 0.6) is 0 Å². The summed E-state index contributed by atoms with van der Waals surface area (Å²) < 4.78 is 1.17. The summed E-state index contributed by atoms with van der Waals surface area (Å²) in [5.41, 5.74) is 2.50. The molecule has 1 saturated heterocycles. The first-order valence-electron chi connectivity index (χ1n) is 10.4. The Morgan fingerprint density at radius 3 is 2.40 bits per heavy atom. The van der Waals surface area contributed by atoms with Gasteiger partial charge in [-0.25, -0.2) is 0 Å². The van der Waals surface area contributed by atoms with E-state index in [2.05, 4.69) is 46.9 Å². The Hall–Kier alpha value is -1.31. The normalized spacial score (nSPS) is 25.6. The zero-order valence-electron chi connectivity index (χ0n) is 16.4. The van der Waals surface area contributed by atoms with Crippen molar-refractivity contribution in [3.8, 4) is 0 Å². The highest BCUT2D eigenvalue weighted by Gasteiger charge is 2.41. The molecule has 156 valence electrons. The molecule has 0 N–H and O–H groups in total. The number of anilines is 1. The maximum atomic E-state index is 13.3. The molecule has 7 heteroatoms. The number of hydrazone groups is 1. The van der Waals surface area contributed by atoms with Crippen LogP contribution in [0.1, 0.15) is 37.3 Å². The fourth-order valence-corrected chi connectivity index (χ4v) is 5.91. The fourth-order valence-electron chi connectivity index (χ4n) is 5.06. The van der Waals surface area contributed by atoms with Crippen molar-refractivity contribution < 1.29 is 4.79 Å². The van der Waals surface area contributed by atoms with Crippen molar-refractivity contribution >= 4 is 63.1 Å². The number of hydrogen-bond acceptors (Lipinski definition) is 3. The van der Waals surface area contributed by atoms with Crippen LogP contribution in [0.25, 0.3) is 0 Å². The molecule has 4 nitrogen and oxygen atoms in total. The molecule has 0 bridgehead atoms. The van der Waals surface area contributed by atoms with Crippen molar-refractivity contribution in [1.29, 1.82) is 0 Å². The number of hydrogen-bond donors (Lipinski definition) is 0. The van der Waals surface area contributed by atoms with Crippen LogP contribution in [0.4, 0.5) is 5.69 Å². The summed E-state index contributed by atoms with van der Waals surface area (Å²) in [6.45, 7) is 1.75. The first kappa shape index (κ1) is 20.6. The van der Waals surface area contributed by atoms with E-state index in [4.69, 9.17) is 28.3 Å². The standard InChI is InChI=1S/C23H22Cl2IN3O/c24-17-6-9-21(19(25)10-17)29-22(14-4-7-18(26)8-5-14)11-20(27-29)23(30)28-12-15-2-1-3-16(15)13-28/h4-10,15-16,22H,1-3,11-13H2. The minimum absolute atomic E-state index is 0.0678. The Kier molecular flexibility index (Phi) is 5.71. The van der Waals surface area contributed by atoms with Crippen molar-refractivity contribution in [2.45, 2.75) is 31.7 Å². The molecule has 0 radical (unpaired) electrons. The predicted molar refractivity (Wildman–Crippen MR) is 130 cm³/mol. The number of benzene rings is 2. The van der Waals surface area contributed by atoms with Gasteiger partial charge in [-0.05, 0) is 83.2 Å². The third kappa shape index (κ3) is 3.84. The van der Waals surface area contributed by atoms with Crippen LogP contribution in [0, 0.1) is 15.4 Å². The van der Waals surface area contributed by atoms with E-state index >= 15 is 0 Å². The number of carbonyl (C=O) groups is 1. The summed E-state index contributed by atoms with van der Waals surface area (Å²) in [6.07, 6.45) is 4.37. The van der Waals surface area contributed by atoms with Crippen LogP contribution >= 0.6 is 45.8 Å². The fraction of sp³-hybridized carbons (Fsp3) is 0.391. The van der Waals surface area contributed by atoms with Crippen LogP contribution in [0.2, 0.25) is 10.0 Å². The molecular weight excluding hydrogens is 532 g/mol. The lowest BCUT2D eigenvalue weighted by molar-refractivity contribution is -0.123. The van der Waals surface area contributed by atoms with E-state index in [-0.39, 0.29) is 11.9 Å². The first-order chi connectivity index (χ1) is 14.5. The number of halogens is 3. The van der Waals surface area contributed by atoms with Gasteiger partial charge in [-0.15, -0.1) is 0 Å². The summed E-state index contributed by atoms with van der Waals surface area (Å²) in [5, 5.41) is 7.81. The van der Waals surface area contributed by atoms with E-state index in [0.717, 1.165) is 24.3 Å². The second-order valence-electron chi connectivity index (χ2n) is 8.42. The van der Waals surface area contributed by atoms with Crippen LogP contribution in [0.3, 0.4) is 0 Å². The molecule has 1 aliphatic carbocycles. The monoisotopic (exact) mass is 553 g/mol. The van der Waals surface area contributed by atoms with Gasteiger partial charge in [0.25, 0.3) is 5.91 Å². The predicted octanol–water partition coefficient (Wildman–Crippen LogP) is 6.16. The summed E-state index contributed by atoms with van der Waals surface area (Å²) >= 11 is 14.9. The first-order valence-corrected chi connectivity index (χ1v) is 12.2. The Balaban J connectivity index is 1.46. The van der Waals surface area contributed by atoms with Gasteiger partial charge in [0, 0.05) is 28.1 Å². The average molecular weight is 554 g/mol. The number of carbonyl (C=O) groups excluding carboxylic acids is 1. The molecule has 2 fully saturated rings. The van der Waals surface area contributed by atoms with Gasteiger partial charge in [-0.2, -0.15) is 5.10 Å². The van der Waals surface area contributed by atoms with Gasteiger partial charge in [0.05, 0.1) is 16.8 Å². The highest BCUT2D eigenvalue weighted by Crippen LogP contribution is 2.41. The quantitative estimate of drug-likeness (QED) is 0.426. The van der Waals surface area contributed by atoms with Crippen LogP contribution in [-0.2, 0) is 4.79 Å². The average Bonchev–Trinajstić information content (AvgIpc) is 3.43. The molecule has 2 aromatic rings. The van der Waals surface area contributed by atoms with Crippen molar-refractivity contribution in [1.82, 2.24) is 4.90 Å². The zero-order valence-corrected chi connectivity index (χ0v) is 20.1. The molecule has 3 aliphatic rings. The molecule has 2 aromatic carbocycles. The second-order valence-corrected chi connectivity index (χ2v) is 10.5. The molecule has 5 rings (SSSR count). The molecule has 3 unspecified atom stereocenters. The van der Waals surface area contributed by atoms with Crippen molar-refractivity contribution in [2.75, 3.05) is 18.1 Å². The molecule has 2 heterocycles. The Morgan fingerprint density at radius 1 is 1.03 bits per heavy atom. The van der Waals surface area contributed by atoms with Crippen LogP contribution in [0.15, 0.2) is 47.6 Å². The van der Waals surface area contributed by atoms with Crippen LogP contribution in [-0.4, -0.2) is 29.6 Å². The molecular formula is C23H22Cl2IN3O. The summed E-state index contributed by atoms with van der Waals surface area (Å²) in [7, 11) is 0. The topological polar surface area (TPSA) is 35.9 Å². The summed E-state index contributed by atoms with van der Waals surface area (Å²) in [6, 6.07) is 13.7. The van der Waals surface area contributed by atoms with E-state index in [9.17, 15) is 4.79 Å². The molecule has 3 atom stereocenters. The second kappa shape index (κ2) is 8.32. The van der Waals surface area contributed by atoms with E-state index < -0.39 is 0 Å². The highest BCUT2D eigenvalue weighted by molar-refractivity contribution is 14.1. The lowest BCUT2D eigenvalue weighted by Gasteiger charge is -2.25. The van der Waals surface area contributed by atoms with E-state index in [1.165, 1.54) is 22.8 Å². The minimum Gasteiger partial charge on any atom is -0.337 e. The number of likely N-dealkylation sites (tertiary alicyclic amines) is 1. The maximum absolute atomic E-state index is 13.3. The lowest BCUT2D eigenvalue weighted by Crippen LogP contribution is -2.35. The summed E-state index contributed by atoms with van der Waals surface area (Å²) in [4.78, 5) is 15.4. The molecule has 0 spiro atoms. The summed E-state index contributed by atoms with van der Waals surface area (Å²) in [5.74, 6) is 1.42. The Bertz CT molecular complexity index is 998. The smallest absolute Gasteiger partial charge is 0.270 e. The molecule has 2 aliphatic heterocycles. The van der Waals surface area contributed by atoms with Gasteiger partial charge in [-0.1, -0.05) is 41.8 Å². The largest absolute Gasteiger partial charge is 0.337 e. The molecule has 30 heavy (non-hydrogen) atoms. The number of fused-ring (bicyclic) bond motifs is 1. The van der Waals surface area contributed by atoms with Gasteiger partial charge in [-0.3, -0.25) is 9.80 Å². The van der Waals surface area contributed by atoms with E-state index in [1.54, 1.807) is 6.07 Å². The van der Waals surface area contributed by atoms with Crippen molar-refractivity contribution in [2.24, 2.45) is 16.9 Å². The van der Waals surface area contributed by atoms with Gasteiger partial charge in [0.1, 0.15) is 5.71 Å². The Morgan fingerprint density at radius 2 is 1.73 bits per heavy atom. The van der Waals surface area contributed by atoms with E-state index in [0.29, 0.717) is 34.0 Å². The molecule has 1 saturated carbocycles. The Labute approximate surface area is 200 Å². The van der Waals surface area contributed by atoms with Crippen LogP contribution < -0.4 is 5.01 Å². The minimum atomic E-state index is -0.0678. The third-order valence-electron chi connectivity index (χ3n) is 6.58. The molecule has 1 amide bonds. The van der Waals surface area contributed by atoms with Gasteiger partial charge < -0.3 is 4.90 Å². The third-order valence-corrected chi connectivity index (χ3v) is 7.84. The molecule has 0 aromatic heterocycles. The number of rotatable bonds is 3. The number of nitrogens with zero attached hydrogens (tertiary/aromatic N) is 3. The van der Waals surface area contributed by atoms with Gasteiger partial charge >= 0.3 is 0 Å². The van der Waals surface area contributed by atoms with Crippen molar-refractivity contribution in [3.63, 3.8) is 0 Å². The highest BCUT2D eigenvalue weighted by atomic mass is 127. The van der Waals surface area contributed by atoms with Crippen molar-refractivity contribution in [3.05, 3.63) is 61.6 Å². The lowest BCUT2D eigenvalue weighted by atomic mass is 10.0. The van der Waals surface area contributed by atoms with Gasteiger partial charge in [0.15, 0.2) is 0 Å². The van der Waals surface area contributed by atoms with Gasteiger partial charge in [0.2, 0.25) is 0 Å². The van der Waals surface area contributed by atoms with E-state index in [1.807, 2.05) is 22.0 Å². The zero-order chi connectivity index (χ0) is 20.8. The maximum Gasteiger partial charge on any atom is 0.270 e. The number of amides is 1.